The average Bonchev–Trinajstić information content (AvgIpc) is 3.32. The van der Waals surface area contributed by atoms with E-state index in [1.165, 1.54) is 6.42 Å². The Labute approximate surface area is 413 Å². The SMILES string of the molecule is CC/C=C\C/C=C\C/C=C\CCCCCCCC(=O)OC(COC(=O)CCCCCCC/C=C\C/C=C\CCC)COP(=O)(O)OCC(CO)OC(=O)CCCCCCC/C=C\C/C=C\CCC. The van der Waals surface area contributed by atoms with Gasteiger partial charge in [-0.3, -0.25) is 23.4 Å². The van der Waals surface area contributed by atoms with Crippen LogP contribution in [-0.2, 0) is 42.2 Å². The molecule has 2 N–H and O–H groups in total. The maximum atomic E-state index is 12.9. The van der Waals surface area contributed by atoms with Crippen LogP contribution >= 0.6 is 7.82 Å². The third-order valence-corrected chi connectivity index (χ3v) is 11.7. The summed E-state index contributed by atoms with van der Waals surface area (Å²) in [5.41, 5.74) is 0. The molecule has 0 aromatic heterocycles. The van der Waals surface area contributed by atoms with Gasteiger partial charge < -0.3 is 24.2 Å². The van der Waals surface area contributed by atoms with Gasteiger partial charge in [0.05, 0.1) is 19.8 Å². The summed E-state index contributed by atoms with van der Waals surface area (Å²) in [6.45, 7) is 4.33. The molecule has 0 bridgehead atoms. The number of hydrogen-bond acceptors (Lipinski definition) is 10. The van der Waals surface area contributed by atoms with E-state index >= 15 is 0 Å². The summed E-state index contributed by atoms with van der Waals surface area (Å²) in [7, 11) is -4.76. The standard InChI is InChI=1S/C56H95O11P/c1-4-7-10-13-16-19-22-25-26-29-32-35-38-41-44-47-56(60)67-53(49-63-54(58)45-42-39-36-33-30-27-23-20-17-14-11-8-5-2)51-65-68(61,62)64-50-52(48-57)66-55(59)46-43-40-37-34-31-28-24-21-18-15-12-9-6-3/h7,10-12,14-16,19-21,23-26,52-53,57H,4-6,8-9,13,17-18,22,27-51H2,1-3H3,(H,61,62)/b10-7-,14-11-,15-12-,19-16-,23-20-,24-21-,26-25-. The number of allylic oxidation sites excluding steroid dienone is 14. The first kappa shape index (κ1) is 64.7. The van der Waals surface area contributed by atoms with Gasteiger partial charge in [0.2, 0.25) is 0 Å². The summed E-state index contributed by atoms with van der Waals surface area (Å²) in [6.07, 6.45) is 55.5. The van der Waals surface area contributed by atoms with Crippen molar-refractivity contribution in [1.82, 2.24) is 0 Å². The third kappa shape index (κ3) is 47.7. The summed E-state index contributed by atoms with van der Waals surface area (Å²) in [5.74, 6) is -1.52. The van der Waals surface area contributed by atoms with Gasteiger partial charge in [-0.1, -0.05) is 176 Å². The van der Waals surface area contributed by atoms with Crippen LogP contribution in [0.1, 0.15) is 213 Å². The van der Waals surface area contributed by atoms with E-state index in [2.05, 4.69) is 106 Å². The van der Waals surface area contributed by atoms with Gasteiger partial charge in [-0.2, -0.15) is 0 Å². The molecule has 3 atom stereocenters. The van der Waals surface area contributed by atoms with E-state index in [0.717, 1.165) is 148 Å². The van der Waals surface area contributed by atoms with Crippen LogP contribution in [0.4, 0.5) is 0 Å². The molecule has 390 valence electrons. The minimum atomic E-state index is -4.76. The molecule has 0 rings (SSSR count). The van der Waals surface area contributed by atoms with Crippen LogP contribution in [0, 0.1) is 0 Å². The van der Waals surface area contributed by atoms with Crippen molar-refractivity contribution in [3.63, 3.8) is 0 Å². The molecular weight excluding hydrogens is 880 g/mol. The highest BCUT2D eigenvalue weighted by Crippen LogP contribution is 2.43. The number of rotatable bonds is 48. The second-order valence-electron chi connectivity index (χ2n) is 17.3. The fraction of sp³-hybridized carbons (Fsp3) is 0.696. The van der Waals surface area contributed by atoms with E-state index < -0.39 is 57.8 Å². The van der Waals surface area contributed by atoms with Crippen molar-refractivity contribution in [2.45, 2.75) is 226 Å². The highest BCUT2D eigenvalue weighted by molar-refractivity contribution is 7.47. The molecule has 3 unspecified atom stereocenters. The zero-order valence-corrected chi connectivity index (χ0v) is 43.7. The minimum absolute atomic E-state index is 0.141. The van der Waals surface area contributed by atoms with Crippen LogP contribution in [0.2, 0.25) is 0 Å². The molecule has 0 aliphatic heterocycles. The van der Waals surface area contributed by atoms with Crippen LogP contribution in [0.25, 0.3) is 0 Å². The zero-order valence-electron chi connectivity index (χ0n) is 42.8. The first-order valence-electron chi connectivity index (χ1n) is 26.5. The van der Waals surface area contributed by atoms with E-state index in [0.29, 0.717) is 19.3 Å². The monoisotopic (exact) mass is 975 g/mol. The lowest BCUT2D eigenvalue weighted by Crippen LogP contribution is -2.30. The number of hydrogen-bond donors (Lipinski definition) is 2. The number of phosphoric ester groups is 1. The van der Waals surface area contributed by atoms with Gasteiger partial charge in [0.25, 0.3) is 0 Å². The summed E-state index contributed by atoms with van der Waals surface area (Å²) < 4.78 is 39.3. The quantitative estimate of drug-likeness (QED) is 0.0197. The van der Waals surface area contributed by atoms with E-state index in [4.69, 9.17) is 23.3 Å². The Hall–Kier alpha value is -3.34. The number of carbonyl (C=O) groups is 3. The lowest BCUT2D eigenvalue weighted by molar-refractivity contribution is -0.161. The van der Waals surface area contributed by atoms with Gasteiger partial charge in [-0.15, -0.1) is 0 Å². The van der Waals surface area contributed by atoms with Gasteiger partial charge in [-0.25, -0.2) is 4.57 Å². The van der Waals surface area contributed by atoms with Gasteiger partial charge in [0.1, 0.15) is 12.7 Å². The van der Waals surface area contributed by atoms with Gasteiger partial charge in [0, 0.05) is 19.3 Å². The van der Waals surface area contributed by atoms with E-state index in [9.17, 15) is 28.9 Å². The largest absolute Gasteiger partial charge is 0.472 e. The molecule has 11 nitrogen and oxygen atoms in total. The maximum Gasteiger partial charge on any atom is 0.472 e. The second kappa shape index (κ2) is 50.1. The molecule has 0 amide bonds. The zero-order chi connectivity index (χ0) is 49.9. The Bertz CT molecular complexity index is 1460. The predicted octanol–water partition coefficient (Wildman–Crippen LogP) is 15.1. The Morgan fingerprint density at radius 1 is 0.426 bits per heavy atom. The summed E-state index contributed by atoms with van der Waals surface area (Å²) in [5, 5.41) is 9.78. The van der Waals surface area contributed by atoms with Crippen molar-refractivity contribution in [2.75, 3.05) is 26.4 Å². The van der Waals surface area contributed by atoms with Crippen molar-refractivity contribution in [1.29, 1.82) is 0 Å². The number of aliphatic hydroxyl groups excluding tert-OH is 1. The van der Waals surface area contributed by atoms with Crippen molar-refractivity contribution < 1.29 is 52.2 Å². The van der Waals surface area contributed by atoms with Crippen molar-refractivity contribution in [2.24, 2.45) is 0 Å². The highest BCUT2D eigenvalue weighted by atomic mass is 31.2. The lowest BCUT2D eigenvalue weighted by atomic mass is 10.1. The van der Waals surface area contributed by atoms with E-state index in [1.54, 1.807) is 0 Å². The van der Waals surface area contributed by atoms with Crippen LogP contribution in [-0.4, -0.2) is 66.5 Å². The summed E-state index contributed by atoms with van der Waals surface area (Å²) in [4.78, 5) is 48.3. The number of esters is 3. The molecular formula is C56H95O11P. The van der Waals surface area contributed by atoms with Crippen molar-refractivity contribution in [3.05, 3.63) is 85.1 Å². The molecule has 0 aliphatic rings. The van der Waals surface area contributed by atoms with Crippen LogP contribution in [0.3, 0.4) is 0 Å². The fourth-order valence-electron chi connectivity index (χ4n) is 6.74. The minimum Gasteiger partial charge on any atom is -0.462 e. The molecule has 0 spiro atoms. The predicted molar refractivity (Wildman–Crippen MR) is 279 cm³/mol. The van der Waals surface area contributed by atoms with Crippen LogP contribution in [0.5, 0.6) is 0 Å². The molecule has 0 aromatic carbocycles. The van der Waals surface area contributed by atoms with Crippen LogP contribution in [0.15, 0.2) is 85.1 Å². The number of unbranched alkanes of at least 4 members (excludes halogenated alkanes) is 17. The Morgan fingerprint density at radius 2 is 0.765 bits per heavy atom. The summed E-state index contributed by atoms with van der Waals surface area (Å²) >= 11 is 0. The second-order valence-corrected chi connectivity index (χ2v) is 18.8. The number of ether oxygens (including phenoxy) is 3. The third-order valence-electron chi connectivity index (χ3n) is 10.7. The number of carbonyl (C=O) groups excluding carboxylic acids is 3. The molecule has 0 saturated heterocycles. The Morgan fingerprint density at radius 3 is 1.18 bits per heavy atom. The van der Waals surface area contributed by atoms with Gasteiger partial charge >= 0.3 is 25.7 Å². The first-order chi connectivity index (χ1) is 33.2. The normalized spacial score (nSPS) is 14.1. The highest BCUT2D eigenvalue weighted by Gasteiger charge is 2.28. The maximum absolute atomic E-state index is 12.9. The number of aliphatic hydroxyl groups is 1. The lowest BCUT2D eigenvalue weighted by Gasteiger charge is -2.21. The molecule has 68 heavy (non-hydrogen) atoms. The molecule has 0 aromatic rings. The fourth-order valence-corrected chi connectivity index (χ4v) is 7.52. The average molecular weight is 975 g/mol. The molecule has 12 heteroatoms. The molecule has 0 heterocycles. The van der Waals surface area contributed by atoms with Crippen molar-refractivity contribution >= 4 is 25.7 Å². The summed E-state index contributed by atoms with van der Waals surface area (Å²) in [6, 6.07) is 0. The topological polar surface area (TPSA) is 155 Å². The molecule has 0 fully saturated rings. The molecule has 0 aliphatic carbocycles. The molecule has 0 radical (unpaired) electrons. The van der Waals surface area contributed by atoms with Gasteiger partial charge in [0.15, 0.2) is 6.10 Å². The Kier molecular flexibility index (Phi) is 47.6. The smallest absolute Gasteiger partial charge is 0.462 e. The van der Waals surface area contributed by atoms with E-state index in [-0.39, 0.29) is 25.9 Å². The Balaban J connectivity index is 4.80. The van der Waals surface area contributed by atoms with Crippen LogP contribution < -0.4 is 0 Å². The number of phosphoric acid groups is 1. The van der Waals surface area contributed by atoms with E-state index in [1.807, 2.05) is 0 Å². The first-order valence-corrected chi connectivity index (χ1v) is 28.0. The van der Waals surface area contributed by atoms with Crippen molar-refractivity contribution in [3.8, 4) is 0 Å². The molecule has 0 saturated carbocycles. The van der Waals surface area contributed by atoms with Gasteiger partial charge in [-0.05, 0) is 103 Å².